The van der Waals surface area contributed by atoms with Crippen molar-refractivity contribution < 1.29 is 4.74 Å². The Morgan fingerprint density at radius 3 is 3.17 bits per heavy atom. The molecule has 1 atom stereocenters. The number of benzene rings is 1. The quantitative estimate of drug-likeness (QED) is 0.629. The lowest BCUT2D eigenvalue weighted by atomic mass is 10.0. The number of hydrogen-bond acceptors (Lipinski definition) is 3. The molecule has 0 saturated heterocycles. The number of fused-ring (bicyclic) bond motifs is 1. The van der Waals surface area contributed by atoms with E-state index >= 15 is 0 Å². The van der Waals surface area contributed by atoms with Gasteiger partial charge in [0.05, 0.1) is 13.2 Å². The van der Waals surface area contributed by atoms with E-state index in [0.717, 1.165) is 30.2 Å². The maximum atomic E-state index is 5.51. The van der Waals surface area contributed by atoms with Gasteiger partial charge in [-0.15, -0.1) is 0 Å². The molecule has 3 heteroatoms. The Kier molecular flexibility index (Phi) is 5.29. The Hall–Kier alpha value is -0.770. The highest BCUT2D eigenvalue weighted by molar-refractivity contribution is 7.98. The van der Waals surface area contributed by atoms with Crippen LogP contribution in [0, 0.1) is 0 Å². The van der Waals surface area contributed by atoms with Crippen molar-refractivity contribution in [3.63, 3.8) is 0 Å². The zero-order chi connectivity index (χ0) is 12.8. The molecule has 2 rings (SSSR count). The fourth-order valence-electron chi connectivity index (χ4n) is 2.10. The molecule has 1 aliphatic rings. The maximum Gasteiger partial charge on any atom is 0.0672 e. The average molecular weight is 263 g/mol. The normalized spacial score (nSPS) is 18.4. The van der Waals surface area contributed by atoms with Crippen molar-refractivity contribution in [3.05, 3.63) is 47.5 Å². The second-order valence-corrected chi connectivity index (χ2v) is 5.76. The van der Waals surface area contributed by atoms with Crippen LogP contribution in [0.1, 0.15) is 24.1 Å². The summed E-state index contributed by atoms with van der Waals surface area (Å²) in [6.07, 6.45) is 0. The van der Waals surface area contributed by atoms with Crippen LogP contribution in [0.3, 0.4) is 0 Å². The van der Waals surface area contributed by atoms with Gasteiger partial charge in [-0.25, -0.2) is 0 Å². The highest BCUT2D eigenvalue weighted by Gasteiger charge is 2.18. The lowest BCUT2D eigenvalue weighted by Crippen LogP contribution is -2.29. The van der Waals surface area contributed by atoms with E-state index in [-0.39, 0.29) is 0 Å². The van der Waals surface area contributed by atoms with Crippen molar-refractivity contribution in [1.29, 1.82) is 0 Å². The minimum Gasteiger partial charge on any atom is -0.376 e. The molecule has 18 heavy (non-hydrogen) atoms. The lowest BCUT2D eigenvalue weighted by molar-refractivity contribution is 0.156. The van der Waals surface area contributed by atoms with E-state index < -0.39 is 0 Å². The molecule has 0 amide bonds. The molecule has 1 aliphatic heterocycles. The minimum atomic E-state index is 0.466. The summed E-state index contributed by atoms with van der Waals surface area (Å²) in [5.74, 6) is 2.29. The van der Waals surface area contributed by atoms with E-state index in [0.29, 0.717) is 12.6 Å². The molecule has 1 aromatic rings. The van der Waals surface area contributed by atoms with Gasteiger partial charge in [0.2, 0.25) is 0 Å². The van der Waals surface area contributed by atoms with Gasteiger partial charge in [-0.05, 0) is 18.1 Å². The van der Waals surface area contributed by atoms with Crippen LogP contribution in [-0.2, 0) is 10.5 Å². The Morgan fingerprint density at radius 2 is 2.33 bits per heavy atom. The molecule has 1 N–H and O–H groups in total. The van der Waals surface area contributed by atoms with Gasteiger partial charge < -0.3 is 10.1 Å². The summed E-state index contributed by atoms with van der Waals surface area (Å²) in [7, 11) is 0. The van der Waals surface area contributed by atoms with E-state index in [4.69, 9.17) is 4.74 Å². The first-order chi connectivity index (χ1) is 8.77. The minimum absolute atomic E-state index is 0.466. The standard InChI is InChI=1S/C15H21NOS/c1-12(2)9-17-8-7-16-15-11-18-10-13-5-3-4-6-14(13)15/h3-6,15-16H,1,7-11H2,2H3. The lowest BCUT2D eigenvalue weighted by Gasteiger charge is -2.26. The molecule has 0 bridgehead atoms. The zero-order valence-corrected chi connectivity index (χ0v) is 11.8. The molecule has 0 radical (unpaired) electrons. The maximum absolute atomic E-state index is 5.51. The van der Waals surface area contributed by atoms with Crippen molar-refractivity contribution in [3.8, 4) is 0 Å². The van der Waals surface area contributed by atoms with Crippen LogP contribution in [0.4, 0.5) is 0 Å². The molecule has 1 unspecified atom stereocenters. The Bertz CT molecular complexity index is 405. The molecule has 1 heterocycles. The predicted molar refractivity (Wildman–Crippen MR) is 79.0 cm³/mol. The summed E-state index contributed by atoms with van der Waals surface area (Å²) < 4.78 is 5.51. The van der Waals surface area contributed by atoms with E-state index in [1.165, 1.54) is 11.1 Å². The molecular formula is C15H21NOS. The van der Waals surface area contributed by atoms with Crippen LogP contribution in [0.15, 0.2) is 36.4 Å². The molecule has 98 valence electrons. The topological polar surface area (TPSA) is 21.3 Å². The van der Waals surface area contributed by atoms with Crippen molar-refractivity contribution in [1.82, 2.24) is 5.32 Å². The van der Waals surface area contributed by atoms with Crippen molar-refractivity contribution in [2.24, 2.45) is 0 Å². The third-order valence-electron chi connectivity index (χ3n) is 2.96. The van der Waals surface area contributed by atoms with Crippen LogP contribution < -0.4 is 5.32 Å². The third kappa shape index (κ3) is 3.87. The van der Waals surface area contributed by atoms with Gasteiger partial charge >= 0.3 is 0 Å². The second-order valence-electron chi connectivity index (χ2n) is 4.73. The Labute approximate surface area is 114 Å². The summed E-state index contributed by atoms with van der Waals surface area (Å²) in [5, 5.41) is 3.58. The molecule has 2 nitrogen and oxygen atoms in total. The SMILES string of the molecule is C=C(C)COCCNC1CSCc2ccccc21. The molecule has 0 aliphatic carbocycles. The first-order valence-electron chi connectivity index (χ1n) is 6.38. The number of hydrogen-bond donors (Lipinski definition) is 1. The average Bonchev–Trinajstić information content (AvgIpc) is 2.38. The molecule has 0 spiro atoms. The van der Waals surface area contributed by atoms with Crippen LogP contribution in [0.2, 0.25) is 0 Å². The molecule has 1 aromatic carbocycles. The predicted octanol–water partition coefficient (Wildman–Crippen LogP) is 3.16. The van der Waals surface area contributed by atoms with Crippen molar-refractivity contribution >= 4 is 11.8 Å². The fraction of sp³-hybridized carbons (Fsp3) is 0.467. The van der Waals surface area contributed by atoms with Crippen molar-refractivity contribution in [2.75, 3.05) is 25.5 Å². The molecule has 0 fully saturated rings. The number of thioether (sulfide) groups is 1. The van der Waals surface area contributed by atoms with Gasteiger partial charge in [-0.2, -0.15) is 11.8 Å². The monoisotopic (exact) mass is 263 g/mol. The highest BCUT2D eigenvalue weighted by atomic mass is 32.2. The molecular weight excluding hydrogens is 242 g/mol. The van der Waals surface area contributed by atoms with Gasteiger partial charge in [0, 0.05) is 24.1 Å². The van der Waals surface area contributed by atoms with Gasteiger partial charge in [0.1, 0.15) is 0 Å². The van der Waals surface area contributed by atoms with Gasteiger partial charge in [-0.3, -0.25) is 0 Å². The second kappa shape index (κ2) is 6.98. The van der Waals surface area contributed by atoms with Gasteiger partial charge in [0.25, 0.3) is 0 Å². The van der Waals surface area contributed by atoms with Crippen LogP contribution in [-0.4, -0.2) is 25.5 Å². The van der Waals surface area contributed by atoms with E-state index in [1.54, 1.807) is 0 Å². The van der Waals surface area contributed by atoms with Crippen molar-refractivity contribution in [2.45, 2.75) is 18.7 Å². The van der Waals surface area contributed by atoms with Crippen LogP contribution in [0.25, 0.3) is 0 Å². The summed E-state index contributed by atoms with van der Waals surface area (Å²) in [6.45, 7) is 8.12. The van der Waals surface area contributed by atoms with Gasteiger partial charge in [-0.1, -0.05) is 36.4 Å². The first-order valence-corrected chi connectivity index (χ1v) is 7.54. The summed E-state index contributed by atoms with van der Waals surface area (Å²) in [6, 6.07) is 9.18. The number of rotatable bonds is 6. The zero-order valence-electron chi connectivity index (χ0n) is 10.9. The first kappa shape index (κ1) is 13.7. The van der Waals surface area contributed by atoms with Crippen LogP contribution >= 0.6 is 11.8 Å². The third-order valence-corrected chi connectivity index (χ3v) is 4.04. The Morgan fingerprint density at radius 1 is 1.50 bits per heavy atom. The molecule has 0 aromatic heterocycles. The van der Waals surface area contributed by atoms with E-state index in [1.807, 2.05) is 18.7 Å². The molecule has 0 saturated carbocycles. The number of nitrogens with one attached hydrogen (secondary N) is 1. The summed E-state index contributed by atoms with van der Waals surface area (Å²) in [4.78, 5) is 0. The van der Waals surface area contributed by atoms with E-state index in [9.17, 15) is 0 Å². The van der Waals surface area contributed by atoms with Crippen LogP contribution in [0.5, 0.6) is 0 Å². The number of ether oxygens (including phenoxy) is 1. The summed E-state index contributed by atoms with van der Waals surface area (Å²) in [5.41, 5.74) is 4.00. The Balaban J connectivity index is 1.79. The van der Waals surface area contributed by atoms with Gasteiger partial charge in [0.15, 0.2) is 0 Å². The summed E-state index contributed by atoms with van der Waals surface area (Å²) >= 11 is 2.00. The smallest absolute Gasteiger partial charge is 0.0672 e. The fourth-order valence-corrected chi connectivity index (χ4v) is 3.24. The largest absolute Gasteiger partial charge is 0.376 e. The highest BCUT2D eigenvalue weighted by Crippen LogP contribution is 2.31. The van der Waals surface area contributed by atoms with E-state index in [2.05, 4.69) is 36.2 Å².